The predicted molar refractivity (Wildman–Crippen MR) is 128 cm³/mol. The maximum Gasteiger partial charge on any atom is 0.243 e. The Kier molecular flexibility index (Phi) is 10.5. The molecule has 8 heteroatoms. The molecule has 0 radical (unpaired) electrons. The summed E-state index contributed by atoms with van der Waals surface area (Å²) in [7, 11) is 5.34. The number of nitrogens with one attached hydrogen (secondary N) is 2. The second-order valence-electron chi connectivity index (χ2n) is 8.99. The number of hydrogen-bond donors (Lipinski definition) is 2. The molecule has 168 valence electrons. The molecule has 1 aliphatic heterocycles. The van der Waals surface area contributed by atoms with Crippen LogP contribution in [0.5, 0.6) is 0 Å². The van der Waals surface area contributed by atoms with Gasteiger partial charge in [0, 0.05) is 59.5 Å². The van der Waals surface area contributed by atoms with Gasteiger partial charge >= 0.3 is 0 Å². The van der Waals surface area contributed by atoms with Crippen LogP contribution < -0.4 is 10.6 Å². The Morgan fingerprint density at radius 3 is 2.48 bits per heavy atom. The topological polar surface area (TPSA) is 69.2 Å². The highest BCUT2D eigenvalue weighted by molar-refractivity contribution is 14.0. The van der Waals surface area contributed by atoms with Crippen LogP contribution in [-0.2, 0) is 9.53 Å². The molecule has 7 nitrogen and oxygen atoms in total. The van der Waals surface area contributed by atoms with Crippen molar-refractivity contribution in [2.75, 3.05) is 54.0 Å². The number of ether oxygens (including phenoxy) is 1. The minimum atomic E-state index is 0. The predicted octanol–water partition coefficient (Wildman–Crippen LogP) is 1.92. The highest BCUT2D eigenvalue weighted by Gasteiger charge is 2.40. The van der Waals surface area contributed by atoms with Crippen molar-refractivity contribution in [3.63, 3.8) is 0 Å². The van der Waals surface area contributed by atoms with E-state index in [-0.39, 0.29) is 36.4 Å². The highest BCUT2D eigenvalue weighted by atomic mass is 127. The fourth-order valence-corrected chi connectivity index (χ4v) is 4.94. The van der Waals surface area contributed by atoms with Crippen molar-refractivity contribution in [2.45, 2.75) is 57.0 Å². The molecule has 29 heavy (non-hydrogen) atoms. The average Bonchev–Trinajstić information content (AvgIpc) is 3.30. The van der Waals surface area contributed by atoms with Crippen LogP contribution in [0.2, 0.25) is 0 Å². The lowest BCUT2D eigenvalue weighted by molar-refractivity contribution is -0.127. The molecule has 1 heterocycles. The first kappa shape index (κ1) is 24.7. The molecule has 2 bridgehead atoms. The van der Waals surface area contributed by atoms with E-state index in [1.54, 1.807) is 26.1 Å². The summed E-state index contributed by atoms with van der Waals surface area (Å²) in [6.45, 7) is 4.38. The number of likely N-dealkylation sites (N-methyl/N-ethyl adjacent to an activating group) is 1. The molecule has 0 aromatic heterocycles. The largest absolute Gasteiger partial charge is 0.385 e. The number of likely N-dealkylation sites (tertiary alicyclic amines) is 1. The third-order valence-corrected chi connectivity index (χ3v) is 6.68. The SMILES string of the molecule is COCCCN1CCC(NC(=NCC(=O)N(C)C)NC2CC3CCC2C3)CC1.I. The number of aliphatic imine (C=N–C) groups is 1. The Labute approximate surface area is 193 Å². The third kappa shape index (κ3) is 7.54. The molecule has 0 aromatic carbocycles. The summed E-state index contributed by atoms with van der Waals surface area (Å²) < 4.78 is 5.16. The molecule has 3 aliphatic rings. The van der Waals surface area contributed by atoms with Crippen molar-refractivity contribution >= 4 is 35.8 Å². The zero-order valence-corrected chi connectivity index (χ0v) is 20.7. The van der Waals surface area contributed by atoms with Crippen molar-refractivity contribution in [1.29, 1.82) is 0 Å². The highest BCUT2D eigenvalue weighted by Crippen LogP contribution is 2.44. The van der Waals surface area contributed by atoms with Gasteiger partial charge in [0.25, 0.3) is 0 Å². The number of rotatable bonds is 8. The molecule has 2 saturated carbocycles. The van der Waals surface area contributed by atoms with Gasteiger partial charge in [-0.15, -0.1) is 24.0 Å². The van der Waals surface area contributed by atoms with E-state index in [2.05, 4.69) is 20.5 Å². The van der Waals surface area contributed by atoms with Gasteiger partial charge in [-0.05, 0) is 50.4 Å². The molecular weight excluding hydrogens is 481 g/mol. The first-order valence-electron chi connectivity index (χ1n) is 11.0. The Bertz CT molecular complexity index is 537. The number of guanidine groups is 1. The van der Waals surface area contributed by atoms with E-state index in [1.807, 2.05) is 0 Å². The number of carbonyl (C=O) groups is 1. The van der Waals surface area contributed by atoms with Gasteiger partial charge < -0.3 is 25.2 Å². The number of fused-ring (bicyclic) bond motifs is 2. The van der Waals surface area contributed by atoms with E-state index < -0.39 is 0 Å². The fraction of sp³-hybridized carbons (Fsp3) is 0.905. The first-order valence-corrected chi connectivity index (χ1v) is 11.0. The standard InChI is InChI=1S/C21H39N5O2.HI/c1-25(2)20(27)15-22-21(24-19-14-16-5-6-17(19)13-16)23-18-7-10-26(11-8-18)9-4-12-28-3;/h16-19H,4-15H2,1-3H3,(H2,22,23,24);1H. The number of halogens is 1. The number of nitrogens with zero attached hydrogens (tertiary/aromatic N) is 3. The number of methoxy groups -OCH3 is 1. The summed E-state index contributed by atoms with van der Waals surface area (Å²) in [5.74, 6) is 2.55. The molecule has 3 atom stereocenters. The van der Waals surface area contributed by atoms with Crippen LogP contribution in [0.15, 0.2) is 4.99 Å². The van der Waals surface area contributed by atoms with Crippen molar-refractivity contribution in [3.8, 4) is 0 Å². The smallest absolute Gasteiger partial charge is 0.243 e. The molecule has 3 unspecified atom stereocenters. The molecule has 0 aromatic rings. The van der Waals surface area contributed by atoms with Crippen molar-refractivity contribution in [1.82, 2.24) is 20.4 Å². The van der Waals surface area contributed by atoms with E-state index in [4.69, 9.17) is 4.74 Å². The number of piperidine rings is 1. The van der Waals surface area contributed by atoms with Crippen LogP contribution in [-0.4, -0.2) is 87.7 Å². The third-order valence-electron chi connectivity index (χ3n) is 6.68. The average molecular weight is 521 g/mol. The van der Waals surface area contributed by atoms with Gasteiger partial charge in [0.15, 0.2) is 5.96 Å². The normalized spacial score (nSPS) is 27.6. The van der Waals surface area contributed by atoms with Crippen LogP contribution >= 0.6 is 24.0 Å². The Morgan fingerprint density at radius 2 is 1.90 bits per heavy atom. The zero-order chi connectivity index (χ0) is 19.9. The summed E-state index contributed by atoms with van der Waals surface area (Å²) in [4.78, 5) is 20.8. The molecule has 0 spiro atoms. The maximum absolute atomic E-state index is 12.0. The first-order chi connectivity index (χ1) is 13.5. The second kappa shape index (κ2) is 12.3. The quantitative estimate of drug-likeness (QED) is 0.221. The van der Waals surface area contributed by atoms with Crippen LogP contribution in [0.3, 0.4) is 0 Å². The van der Waals surface area contributed by atoms with Crippen molar-refractivity contribution in [2.24, 2.45) is 16.8 Å². The van der Waals surface area contributed by atoms with E-state index in [0.717, 1.165) is 63.3 Å². The summed E-state index contributed by atoms with van der Waals surface area (Å²) >= 11 is 0. The minimum absolute atomic E-state index is 0. The molecule has 2 aliphatic carbocycles. The maximum atomic E-state index is 12.0. The van der Waals surface area contributed by atoms with E-state index >= 15 is 0 Å². The van der Waals surface area contributed by atoms with E-state index in [1.165, 1.54) is 25.7 Å². The van der Waals surface area contributed by atoms with Crippen molar-refractivity contribution in [3.05, 3.63) is 0 Å². The number of carbonyl (C=O) groups excluding carboxylic acids is 1. The monoisotopic (exact) mass is 521 g/mol. The molecule has 1 saturated heterocycles. The molecule has 2 N–H and O–H groups in total. The van der Waals surface area contributed by atoms with Gasteiger partial charge in [-0.1, -0.05) is 6.42 Å². The van der Waals surface area contributed by atoms with Gasteiger partial charge in [-0.2, -0.15) is 0 Å². The summed E-state index contributed by atoms with van der Waals surface area (Å²) in [5.41, 5.74) is 0. The van der Waals surface area contributed by atoms with E-state index in [9.17, 15) is 4.79 Å². The van der Waals surface area contributed by atoms with E-state index in [0.29, 0.717) is 12.1 Å². The Morgan fingerprint density at radius 1 is 1.14 bits per heavy atom. The molecular formula is C21H40IN5O2. The molecule has 3 fully saturated rings. The Balaban J connectivity index is 0.00000300. The zero-order valence-electron chi connectivity index (χ0n) is 18.4. The number of amides is 1. The molecule has 3 rings (SSSR count). The van der Waals surface area contributed by atoms with Gasteiger partial charge in [-0.3, -0.25) is 4.79 Å². The summed E-state index contributed by atoms with van der Waals surface area (Å²) in [6.07, 6.45) is 8.68. The minimum Gasteiger partial charge on any atom is -0.385 e. The van der Waals surface area contributed by atoms with Gasteiger partial charge in [-0.25, -0.2) is 4.99 Å². The van der Waals surface area contributed by atoms with Crippen LogP contribution in [0.25, 0.3) is 0 Å². The summed E-state index contributed by atoms with van der Waals surface area (Å²) in [5, 5.41) is 7.32. The lowest BCUT2D eigenvalue weighted by atomic mass is 9.95. The van der Waals surface area contributed by atoms with Crippen LogP contribution in [0.1, 0.15) is 44.9 Å². The molecule has 1 amide bonds. The number of hydrogen-bond acceptors (Lipinski definition) is 4. The summed E-state index contributed by atoms with van der Waals surface area (Å²) in [6, 6.07) is 0.951. The lowest BCUT2D eigenvalue weighted by Crippen LogP contribution is -2.52. The van der Waals surface area contributed by atoms with Gasteiger partial charge in [0.2, 0.25) is 5.91 Å². The fourth-order valence-electron chi connectivity index (χ4n) is 4.94. The van der Waals surface area contributed by atoms with Gasteiger partial charge in [0.05, 0.1) is 0 Å². The van der Waals surface area contributed by atoms with Gasteiger partial charge in [0.1, 0.15) is 6.54 Å². The Hall–Kier alpha value is -0.610. The van der Waals surface area contributed by atoms with Crippen LogP contribution in [0.4, 0.5) is 0 Å². The lowest BCUT2D eigenvalue weighted by Gasteiger charge is -2.34. The van der Waals surface area contributed by atoms with Crippen molar-refractivity contribution < 1.29 is 9.53 Å². The van der Waals surface area contributed by atoms with Crippen LogP contribution in [0, 0.1) is 11.8 Å². The second-order valence-corrected chi connectivity index (χ2v) is 8.99.